The number of thiophene rings is 1. The standard InChI is InChI=1S/C20H20N4OS2/c1-2-4-13(5-3-1)11-21-20-24-16-7-6-14(10-17(16)27-20)25-18-15-8-9-26-19(15)23-12-22-18/h6-10,12-13H,1-5,11H2,(H,21,24). The van der Waals surface area contributed by atoms with E-state index in [4.69, 9.17) is 9.72 Å². The van der Waals surface area contributed by atoms with Gasteiger partial charge in [-0.1, -0.05) is 30.6 Å². The number of aromatic nitrogens is 3. The van der Waals surface area contributed by atoms with Crippen molar-refractivity contribution in [2.75, 3.05) is 11.9 Å². The summed E-state index contributed by atoms with van der Waals surface area (Å²) in [5.74, 6) is 2.16. The largest absolute Gasteiger partial charge is 0.438 e. The topological polar surface area (TPSA) is 59.9 Å². The van der Waals surface area contributed by atoms with Crippen LogP contribution in [0.5, 0.6) is 11.6 Å². The van der Waals surface area contributed by atoms with Crippen LogP contribution in [0.4, 0.5) is 5.13 Å². The van der Waals surface area contributed by atoms with Gasteiger partial charge in [0.05, 0.1) is 15.6 Å². The van der Waals surface area contributed by atoms with Gasteiger partial charge in [-0.05, 0) is 42.3 Å². The van der Waals surface area contributed by atoms with Crippen molar-refractivity contribution in [2.24, 2.45) is 5.92 Å². The van der Waals surface area contributed by atoms with E-state index in [1.54, 1.807) is 29.0 Å². The third-order valence-corrected chi connectivity index (χ3v) is 6.86. The summed E-state index contributed by atoms with van der Waals surface area (Å²) in [7, 11) is 0. The monoisotopic (exact) mass is 396 g/mol. The second-order valence-corrected chi connectivity index (χ2v) is 8.88. The van der Waals surface area contributed by atoms with E-state index in [0.29, 0.717) is 5.88 Å². The molecule has 138 valence electrons. The van der Waals surface area contributed by atoms with E-state index in [0.717, 1.165) is 43.8 Å². The van der Waals surface area contributed by atoms with Crippen molar-refractivity contribution in [3.63, 3.8) is 0 Å². The van der Waals surface area contributed by atoms with Gasteiger partial charge in [-0.25, -0.2) is 15.0 Å². The van der Waals surface area contributed by atoms with Crippen molar-refractivity contribution in [1.29, 1.82) is 0 Å². The Morgan fingerprint density at radius 3 is 2.96 bits per heavy atom. The lowest BCUT2D eigenvalue weighted by Gasteiger charge is -2.21. The van der Waals surface area contributed by atoms with Gasteiger partial charge >= 0.3 is 0 Å². The number of hydrogen-bond acceptors (Lipinski definition) is 7. The molecule has 0 unspecified atom stereocenters. The fraction of sp³-hybridized carbons (Fsp3) is 0.350. The smallest absolute Gasteiger partial charge is 0.231 e. The highest BCUT2D eigenvalue weighted by Gasteiger charge is 2.14. The van der Waals surface area contributed by atoms with Gasteiger partial charge in [-0.3, -0.25) is 0 Å². The average Bonchev–Trinajstić information content (AvgIpc) is 3.34. The summed E-state index contributed by atoms with van der Waals surface area (Å²) in [4.78, 5) is 14.2. The molecule has 4 aromatic rings. The summed E-state index contributed by atoms with van der Waals surface area (Å²) in [5, 5.41) is 7.49. The van der Waals surface area contributed by atoms with E-state index >= 15 is 0 Å². The van der Waals surface area contributed by atoms with Crippen molar-refractivity contribution in [2.45, 2.75) is 32.1 Å². The van der Waals surface area contributed by atoms with Crippen LogP contribution in [0.3, 0.4) is 0 Å². The highest BCUT2D eigenvalue weighted by Crippen LogP contribution is 2.34. The third kappa shape index (κ3) is 3.61. The maximum absolute atomic E-state index is 6.04. The lowest BCUT2D eigenvalue weighted by Crippen LogP contribution is -2.16. The van der Waals surface area contributed by atoms with Crippen LogP contribution in [0, 0.1) is 5.92 Å². The number of ether oxygens (including phenoxy) is 1. The number of hydrogen-bond donors (Lipinski definition) is 1. The Hall–Kier alpha value is -2.25. The van der Waals surface area contributed by atoms with Gasteiger partial charge in [0.15, 0.2) is 5.13 Å². The molecule has 3 aromatic heterocycles. The molecule has 0 aliphatic heterocycles. The van der Waals surface area contributed by atoms with Gasteiger partial charge in [0.25, 0.3) is 0 Å². The molecule has 0 amide bonds. The number of anilines is 1. The molecule has 3 heterocycles. The zero-order valence-corrected chi connectivity index (χ0v) is 16.5. The number of thiazole rings is 1. The molecule has 5 nitrogen and oxygen atoms in total. The van der Waals surface area contributed by atoms with Crippen LogP contribution in [-0.4, -0.2) is 21.5 Å². The number of nitrogens with one attached hydrogen (secondary N) is 1. The van der Waals surface area contributed by atoms with Gasteiger partial charge in [-0.15, -0.1) is 11.3 Å². The van der Waals surface area contributed by atoms with Gasteiger partial charge in [0.1, 0.15) is 16.9 Å². The lowest BCUT2D eigenvalue weighted by atomic mass is 9.89. The van der Waals surface area contributed by atoms with Crippen LogP contribution in [0.1, 0.15) is 32.1 Å². The second-order valence-electron chi connectivity index (χ2n) is 6.95. The van der Waals surface area contributed by atoms with Crippen LogP contribution >= 0.6 is 22.7 Å². The number of nitrogens with zero attached hydrogens (tertiary/aromatic N) is 3. The molecule has 1 aliphatic rings. The highest BCUT2D eigenvalue weighted by molar-refractivity contribution is 7.22. The first-order chi connectivity index (χ1) is 13.3. The normalized spacial score (nSPS) is 15.4. The lowest BCUT2D eigenvalue weighted by molar-refractivity contribution is 0.373. The Morgan fingerprint density at radius 2 is 2.04 bits per heavy atom. The summed E-state index contributed by atoms with van der Waals surface area (Å²) in [6.45, 7) is 1.03. The van der Waals surface area contributed by atoms with E-state index in [2.05, 4.69) is 15.3 Å². The second kappa shape index (κ2) is 7.40. The average molecular weight is 397 g/mol. The molecular weight excluding hydrogens is 376 g/mol. The Morgan fingerprint density at radius 1 is 1.11 bits per heavy atom. The third-order valence-electron chi connectivity index (χ3n) is 5.07. The first-order valence-corrected chi connectivity index (χ1v) is 11.1. The SMILES string of the molecule is c1nc(Oc2ccc3nc(NCC4CCCCC4)sc3c2)c2ccsc2n1. The predicted octanol–water partition coefficient (Wildman–Crippen LogP) is 6.09. The zero-order valence-electron chi connectivity index (χ0n) is 14.9. The van der Waals surface area contributed by atoms with Crippen LogP contribution in [0.2, 0.25) is 0 Å². The summed E-state index contributed by atoms with van der Waals surface area (Å²) < 4.78 is 7.16. The molecule has 1 saturated carbocycles. The van der Waals surface area contributed by atoms with E-state index in [1.807, 2.05) is 29.6 Å². The molecule has 0 bridgehead atoms. The fourth-order valence-electron chi connectivity index (χ4n) is 3.63. The minimum atomic E-state index is 0.598. The van der Waals surface area contributed by atoms with Crippen LogP contribution in [0.15, 0.2) is 36.0 Å². The van der Waals surface area contributed by atoms with Crippen molar-refractivity contribution < 1.29 is 4.74 Å². The maximum atomic E-state index is 6.04. The summed E-state index contributed by atoms with van der Waals surface area (Å²) >= 11 is 3.27. The Kier molecular flexibility index (Phi) is 4.63. The molecule has 0 radical (unpaired) electrons. The van der Waals surface area contributed by atoms with Gasteiger partial charge < -0.3 is 10.1 Å². The van der Waals surface area contributed by atoms with Crippen LogP contribution in [0.25, 0.3) is 20.4 Å². The van der Waals surface area contributed by atoms with Crippen LogP contribution < -0.4 is 10.1 Å². The van der Waals surface area contributed by atoms with E-state index in [-0.39, 0.29) is 0 Å². The van der Waals surface area contributed by atoms with Crippen LogP contribution in [-0.2, 0) is 0 Å². The quantitative estimate of drug-likeness (QED) is 0.442. The maximum Gasteiger partial charge on any atom is 0.231 e. The molecule has 7 heteroatoms. The molecule has 1 aliphatic carbocycles. The predicted molar refractivity (Wildman–Crippen MR) is 112 cm³/mol. The van der Waals surface area contributed by atoms with E-state index in [1.165, 1.54) is 32.1 Å². The molecular formula is C20H20N4OS2. The number of rotatable bonds is 5. The van der Waals surface area contributed by atoms with Gasteiger partial charge in [-0.2, -0.15) is 0 Å². The molecule has 27 heavy (non-hydrogen) atoms. The Bertz CT molecular complexity index is 1070. The summed E-state index contributed by atoms with van der Waals surface area (Å²) in [5.41, 5.74) is 1.00. The van der Waals surface area contributed by atoms with Crippen molar-refractivity contribution >= 4 is 48.2 Å². The molecule has 5 rings (SSSR count). The molecule has 0 saturated heterocycles. The summed E-state index contributed by atoms with van der Waals surface area (Å²) in [6, 6.07) is 8.00. The molecule has 0 atom stereocenters. The molecule has 1 aromatic carbocycles. The number of benzene rings is 1. The molecule has 0 spiro atoms. The molecule has 1 N–H and O–H groups in total. The zero-order chi connectivity index (χ0) is 18.1. The van der Waals surface area contributed by atoms with Gasteiger partial charge in [0.2, 0.25) is 5.88 Å². The van der Waals surface area contributed by atoms with Crippen molar-refractivity contribution in [3.05, 3.63) is 36.0 Å². The summed E-state index contributed by atoms with van der Waals surface area (Å²) in [6.07, 6.45) is 8.36. The van der Waals surface area contributed by atoms with Gasteiger partial charge in [0, 0.05) is 12.6 Å². The fourth-order valence-corrected chi connectivity index (χ4v) is 5.25. The van der Waals surface area contributed by atoms with E-state index < -0.39 is 0 Å². The Labute approximate surface area is 165 Å². The first-order valence-electron chi connectivity index (χ1n) is 9.36. The first kappa shape index (κ1) is 16.9. The van der Waals surface area contributed by atoms with Crippen molar-refractivity contribution in [3.8, 4) is 11.6 Å². The highest BCUT2D eigenvalue weighted by atomic mass is 32.1. The van der Waals surface area contributed by atoms with E-state index in [9.17, 15) is 0 Å². The minimum Gasteiger partial charge on any atom is -0.438 e. The molecule has 1 fully saturated rings. The van der Waals surface area contributed by atoms with Crippen molar-refractivity contribution in [1.82, 2.24) is 15.0 Å². The Balaban J connectivity index is 1.33. The number of fused-ring (bicyclic) bond motifs is 2. The minimum absolute atomic E-state index is 0.598.